The normalized spacial score (nSPS) is 24.5. The molecule has 2 bridgehead atoms. The van der Waals surface area contributed by atoms with Gasteiger partial charge in [0.05, 0.1) is 13.2 Å². The molecule has 3 saturated heterocycles. The highest BCUT2D eigenvalue weighted by molar-refractivity contribution is 9.10. The largest absolute Gasteiger partial charge is 0.496 e. The van der Waals surface area contributed by atoms with Gasteiger partial charge >= 0.3 is 0 Å². The van der Waals surface area contributed by atoms with E-state index in [9.17, 15) is 0 Å². The van der Waals surface area contributed by atoms with Crippen LogP contribution in [0.25, 0.3) is 0 Å². The fourth-order valence-corrected chi connectivity index (χ4v) is 6.07. The third-order valence-electron chi connectivity index (χ3n) is 7.15. The Morgan fingerprint density at radius 3 is 2.03 bits per heavy atom. The molecule has 0 N–H and O–H groups in total. The SMILES string of the molecule is COc1ccccc1C=N[C@@H]1C2CCN(CC2)[C@@H]1C(c1ccc(Br)cc1)c1ccc(Br)cc1. The summed E-state index contributed by atoms with van der Waals surface area (Å²) in [6.45, 7) is 2.30. The second-order valence-electron chi connectivity index (χ2n) is 8.96. The van der Waals surface area contributed by atoms with E-state index >= 15 is 0 Å². The maximum Gasteiger partial charge on any atom is 0.127 e. The molecule has 0 radical (unpaired) electrons. The molecule has 3 heterocycles. The average molecular weight is 568 g/mol. The Morgan fingerprint density at radius 2 is 1.45 bits per heavy atom. The van der Waals surface area contributed by atoms with Gasteiger partial charge in [0, 0.05) is 32.7 Å². The number of hydrogen-bond donors (Lipinski definition) is 0. The van der Waals surface area contributed by atoms with Gasteiger partial charge in [-0.2, -0.15) is 0 Å². The second-order valence-corrected chi connectivity index (χ2v) is 10.8. The number of hydrogen-bond acceptors (Lipinski definition) is 3. The molecule has 3 aliphatic rings. The number of benzene rings is 3. The number of piperidine rings is 3. The molecular weight excluding hydrogens is 540 g/mol. The highest BCUT2D eigenvalue weighted by Crippen LogP contribution is 2.43. The lowest BCUT2D eigenvalue weighted by Gasteiger charge is -2.52. The first-order chi connectivity index (χ1) is 16.1. The summed E-state index contributed by atoms with van der Waals surface area (Å²) < 4.78 is 7.79. The maximum atomic E-state index is 5.57. The van der Waals surface area contributed by atoms with Gasteiger partial charge in [0.15, 0.2) is 0 Å². The van der Waals surface area contributed by atoms with E-state index in [2.05, 4.69) is 91.4 Å². The van der Waals surface area contributed by atoms with E-state index in [0.29, 0.717) is 12.0 Å². The molecule has 0 aliphatic carbocycles. The first-order valence-corrected chi connectivity index (χ1v) is 13.1. The highest BCUT2D eigenvalue weighted by Gasteiger charge is 2.46. The van der Waals surface area contributed by atoms with Crippen LogP contribution in [0.5, 0.6) is 5.75 Å². The Balaban J connectivity index is 1.57. The van der Waals surface area contributed by atoms with Crippen molar-refractivity contribution in [2.24, 2.45) is 10.9 Å². The number of fused-ring (bicyclic) bond motifs is 3. The predicted octanol–water partition coefficient (Wildman–Crippen LogP) is 6.93. The van der Waals surface area contributed by atoms with E-state index in [-0.39, 0.29) is 12.0 Å². The van der Waals surface area contributed by atoms with E-state index in [1.165, 1.54) is 24.0 Å². The lowest BCUT2D eigenvalue weighted by Crippen LogP contribution is -2.59. The summed E-state index contributed by atoms with van der Waals surface area (Å²) in [5.74, 6) is 1.74. The zero-order chi connectivity index (χ0) is 22.8. The summed E-state index contributed by atoms with van der Waals surface area (Å²) in [5, 5.41) is 0. The smallest absolute Gasteiger partial charge is 0.127 e. The van der Waals surface area contributed by atoms with Gasteiger partial charge in [-0.1, -0.05) is 68.3 Å². The number of halogens is 2. The Bertz CT molecular complexity index is 1060. The molecule has 5 heteroatoms. The Labute approximate surface area is 213 Å². The summed E-state index contributed by atoms with van der Waals surface area (Å²) in [5.41, 5.74) is 3.73. The number of aliphatic imine (C=N–C) groups is 1. The number of ether oxygens (including phenoxy) is 1. The molecule has 0 spiro atoms. The second kappa shape index (κ2) is 10.1. The molecule has 0 unspecified atom stereocenters. The van der Waals surface area contributed by atoms with Crippen LogP contribution in [-0.2, 0) is 0 Å². The van der Waals surface area contributed by atoms with Crippen LogP contribution in [0.1, 0.15) is 35.4 Å². The average Bonchev–Trinajstić information content (AvgIpc) is 2.86. The minimum atomic E-state index is 0.245. The minimum Gasteiger partial charge on any atom is -0.496 e. The third-order valence-corrected chi connectivity index (χ3v) is 8.21. The van der Waals surface area contributed by atoms with Crippen LogP contribution < -0.4 is 4.74 Å². The van der Waals surface area contributed by atoms with Crippen LogP contribution in [0.3, 0.4) is 0 Å². The molecule has 2 atom stereocenters. The van der Waals surface area contributed by atoms with Gasteiger partial charge in [0.25, 0.3) is 0 Å². The van der Waals surface area contributed by atoms with Crippen molar-refractivity contribution in [2.75, 3.05) is 20.2 Å². The fraction of sp³-hybridized carbons (Fsp3) is 0.321. The van der Waals surface area contributed by atoms with Gasteiger partial charge in [-0.15, -0.1) is 0 Å². The van der Waals surface area contributed by atoms with Crippen molar-refractivity contribution >= 4 is 38.1 Å². The van der Waals surface area contributed by atoms with E-state index in [1.54, 1.807) is 7.11 Å². The number of para-hydroxylation sites is 1. The Morgan fingerprint density at radius 1 is 0.879 bits per heavy atom. The molecule has 0 saturated carbocycles. The Kier molecular flexibility index (Phi) is 7.00. The molecule has 6 rings (SSSR count). The summed E-state index contributed by atoms with van der Waals surface area (Å²) in [6, 6.07) is 26.4. The van der Waals surface area contributed by atoms with Crippen LogP contribution in [-0.4, -0.2) is 43.4 Å². The summed E-state index contributed by atoms with van der Waals surface area (Å²) in [7, 11) is 1.72. The van der Waals surface area contributed by atoms with E-state index in [0.717, 1.165) is 33.3 Å². The van der Waals surface area contributed by atoms with Crippen LogP contribution in [0.4, 0.5) is 0 Å². The molecule has 3 nitrogen and oxygen atoms in total. The zero-order valence-corrected chi connectivity index (χ0v) is 21.9. The first-order valence-electron chi connectivity index (χ1n) is 11.5. The van der Waals surface area contributed by atoms with Gasteiger partial charge in [0.2, 0.25) is 0 Å². The summed E-state index contributed by atoms with van der Waals surface area (Å²) in [4.78, 5) is 7.95. The standard InChI is InChI=1S/C28H28Br2N2O/c1-33-25-5-3-2-4-22(25)18-31-27-21-14-16-32(17-15-21)28(27)26(19-6-10-23(29)11-7-19)20-8-12-24(30)13-9-20/h2-13,18,21,26-28H,14-17H2,1H3/t27-,28-/m1/s1. The molecule has 3 aromatic carbocycles. The minimum absolute atomic E-state index is 0.245. The van der Waals surface area contributed by atoms with Crippen molar-refractivity contribution in [1.29, 1.82) is 0 Å². The van der Waals surface area contributed by atoms with E-state index < -0.39 is 0 Å². The molecular formula is C28H28Br2N2O. The lowest BCUT2D eigenvalue weighted by molar-refractivity contribution is 0.0215. The van der Waals surface area contributed by atoms with Crippen molar-refractivity contribution < 1.29 is 4.74 Å². The van der Waals surface area contributed by atoms with Gasteiger partial charge in [-0.25, -0.2) is 0 Å². The van der Waals surface area contributed by atoms with Gasteiger partial charge in [-0.05, 0) is 79.4 Å². The van der Waals surface area contributed by atoms with Gasteiger partial charge < -0.3 is 4.74 Å². The molecule has 0 aromatic heterocycles. The number of nitrogens with zero attached hydrogens (tertiary/aromatic N) is 2. The van der Waals surface area contributed by atoms with Gasteiger partial charge in [0.1, 0.15) is 5.75 Å². The van der Waals surface area contributed by atoms with Crippen LogP contribution in [0, 0.1) is 5.92 Å². The van der Waals surface area contributed by atoms with Gasteiger partial charge in [-0.3, -0.25) is 9.89 Å². The van der Waals surface area contributed by atoms with Crippen LogP contribution in [0.15, 0.2) is 86.7 Å². The van der Waals surface area contributed by atoms with Crippen molar-refractivity contribution in [3.8, 4) is 5.75 Å². The Hall–Kier alpha value is -1.95. The number of rotatable bonds is 6. The van der Waals surface area contributed by atoms with E-state index in [1.807, 2.05) is 24.4 Å². The van der Waals surface area contributed by atoms with Crippen molar-refractivity contribution in [2.45, 2.75) is 30.8 Å². The highest BCUT2D eigenvalue weighted by atomic mass is 79.9. The summed E-state index contributed by atoms with van der Waals surface area (Å²) >= 11 is 7.23. The molecule has 33 heavy (non-hydrogen) atoms. The quantitative estimate of drug-likeness (QED) is 0.302. The summed E-state index contributed by atoms with van der Waals surface area (Å²) in [6.07, 6.45) is 4.48. The molecule has 3 fully saturated rings. The molecule has 170 valence electrons. The number of methoxy groups -OCH3 is 1. The lowest BCUT2D eigenvalue weighted by atomic mass is 9.71. The fourth-order valence-electron chi connectivity index (χ4n) is 5.54. The van der Waals surface area contributed by atoms with Crippen LogP contribution in [0.2, 0.25) is 0 Å². The van der Waals surface area contributed by atoms with Crippen molar-refractivity contribution in [1.82, 2.24) is 4.90 Å². The van der Waals surface area contributed by atoms with E-state index in [4.69, 9.17) is 9.73 Å². The molecule has 3 aliphatic heterocycles. The monoisotopic (exact) mass is 566 g/mol. The zero-order valence-electron chi connectivity index (χ0n) is 18.7. The molecule has 0 amide bonds. The first kappa shape index (κ1) is 22.8. The third kappa shape index (κ3) is 4.82. The topological polar surface area (TPSA) is 24.8 Å². The van der Waals surface area contributed by atoms with Crippen molar-refractivity contribution in [3.05, 3.63) is 98.4 Å². The van der Waals surface area contributed by atoms with Crippen LogP contribution >= 0.6 is 31.9 Å². The predicted molar refractivity (Wildman–Crippen MR) is 143 cm³/mol. The van der Waals surface area contributed by atoms with Crippen molar-refractivity contribution in [3.63, 3.8) is 0 Å². The maximum absolute atomic E-state index is 5.57. The molecule has 3 aromatic rings.